The normalized spacial score (nSPS) is 24.8. The zero-order chi connectivity index (χ0) is 13.9. The van der Waals surface area contributed by atoms with Gasteiger partial charge in [-0.2, -0.15) is 0 Å². The fourth-order valence-electron chi connectivity index (χ4n) is 1.91. The summed E-state index contributed by atoms with van der Waals surface area (Å²) in [6, 6.07) is 0. The second-order valence-electron chi connectivity index (χ2n) is 5.50. The van der Waals surface area contributed by atoms with Crippen LogP contribution in [0.2, 0.25) is 0 Å². The van der Waals surface area contributed by atoms with Gasteiger partial charge in [0.1, 0.15) is 5.60 Å². The molecule has 1 aliphatic rings. The smallest absolute Gasteiger partial charge is 0.410 e. The van der Waals surface area contributed by atoms with Gasteiger partial charge in [-0.1, -0.05) is 11.8 Å². The zero-order valence-corrected chi connectivity index (χ0v) is 12.3. The van der Waals surface area contributed by atoms with Gasteiger partial charge in [0.05, 0.1) is 18.6 Å². The first-order chi connectivity index (χ1) is 8.24. The van der Waals surface area contributed by atoms with Crippen LogP contribution in [-0.2, 0) is 4.74 Å². The average molecular weight is 275 g/mol. The summed E-state index contributed by atoms with van der Waals surface area (Å²) in [6.45, 7) is 6.33. The van der Waals surface area contributed by atoms with Crippen molar-refractivity contribution in [1.29, 1.82) is 0 Å². The molecule has 0 bridgehead atoms. The molecule has 0 spiro atoms. The van der Waals surface area contributed by atoms with Gasteiger partial charge in [-0.3, -0.25) is 5.41 Å². The molecule has 2 unspecified atom stereocenters. The maximum Gasteiger partial charge on any atom is 0.410 e. The fraction of sp³-hybridized carbons (Fsp3) is 0.833. The molecule has 2 atom stereocenters. The van der Waals surface area contributed by atoms with Gasteiger partial charge in [0.2, 0.25) is 5.04 Å². The second kappa shape index (κ2) is 5.93. The van der Waals surface area contributed by atoms with Gasteiger partial charge in [0.25, 0.3) is 0 Å². The SMILES string of the molecule is CSC(=[NH2+])C1CCN(C(=O)OC(C)(C)C)CC1O. The number of aliphatic hydroxyl groups excluding tert-OH is 1. The maximum atomic E-state index is 11.9. The number of carbonyl (C=O) groups is 1. The highest BCUT2D eigenvalue weighted by atomic mass is 32.2. The first-order valence-corrected chi connectivity index (χ1v) is 7.29. The van der Waals surface area contributed by atoms with Gasteiger partial charge in [-0.05, 0) is 33.4 Å². The molecule has 0 radical (unpaired) electrons. The number of hydrogen-bond acceptors (Lipinski definition) is 4. The molecule has 0 aromatic heterocycles. The first-order valence-electron chi connectivity index (χ1n) is 6.07. The number of aliphatic hydroxyl groups is 1. The molecule has 5 nitrogen and oxygen atoms in total. The van der Waals surface area contributed by atoms with E-state index in [1.54, 1.807) is 4.90 Å². The van der Waals surface area contributed by atoms with Gasteiger partial charge in [0, 0.05) is 6.54 Å². The third kappa shape index (κ3) is 4.17. The number of amides is 1. The lowest BCUT2D eigenvalue weighted by Gasteiger charge is -2.35. The molecule has 0 saturated carbocycles. The molecule has 1 fully saturated rings. The monoisotopic (exact) mass is 275 g/mol. The van der Waals surface area contributed by atoms with Crippen LogP contribution in [0, 0.1) is 5.92 Å². The van der Waals surface area contributed by atoms with Crippen molar-refractivity contribution in [3.63, 3.8) is 0 Å². The Kier molecular flexibility index (Phi) is 5.04. The van der Waals surface area contributed by atoms with Crippen molar-refractivity contribution in [2.45, 2.75) is 38.9 Å². The molecule has 6 heteroatoms. The van der Waals surface area contributed by atoms with E-state index in [4.69, 9.17) is 10.1 Å². The van der Waals surface area contributed by atoms with Crippen molar-refractivity contribution in [1.82, 2.24) is 4.90 Å². The third-order valence-corrected chi connectivity index (χ3v) is 3.61. The van der Waals surface area contributed by atoms with Gasteiger partial charge in [-0.15, -0.1) is 0 Å². The van der Waals surface area contributed by atoms with Crippen molar-refractivity contribution in [2.24, 2.45) is 5.92 Å². The highest BCUT2D eigenvalue weighted by Crippen LogP contribution is 2.23. The summed E-state index contributed by atoms with van der Waals surface area (Å²) in [6.07, 6.45) is 1.58. The molecule has 1 aliphatic heterocycles. The largest absolute Gasteiger partial charge is 0.444 e. The number of hydrogen-bond donors (Lipinski definition) is 2. The first kappa shape index (κ1) is 15.3. The molecule has 0 aliphatic carbocycles. The van der Waals surface area contributed by atoms with Crippen LogP contribution in [0.15, 0.2) is 0 Å². The van der Waals surface area contributed by atoms with E-state index in [9.17, 15) is 9.90 Å². The summed E-state index contributed by atoms with van der Waals surface area (Å²) in [5.74, 6) is -0.0429. The topological polar surface area (TPSA) is 75.4 Å². The predicted molar refractivity (Wildman–Crippen MR) is 72.4 cm³/mol. The van der Waals surface area contributed by atoms with Gasteiger partial charge >= 0.3 is 6.09 Å². The lowest BCUT2D eigenvalue weighted by atomic mass is 9.95. The molecular weight excluding hydrogens is 252 g/mol. The number of piperidine rings is 1. The Bertz CT molecular complexity index is 328. The minimum atomic E-state index is -0.612. The van der Waals surface area contributed by atoms with Crippen molar-refractivity contribution in [2.75, 3.05) is 19.3 Å². The van der Waals surface area contributed by atoms with E-state index in [-0.39, 0.29) is 18.6 Å². The van der Waals surface area contributed by atoms with E-state index < -0.39 is 11.7 Å². The highest BCUT2D eigenvalue weighted by molar-refractivity contribution is 8.13. The Hall–Kier alpha value is -0.750. The average Bonchev–Trinajstić information content (AvgIpc) is 2.25. The quantitative estimate of drug-likeness (QED) is 0.527. The second-order valence-corrected chi connectivity index (χ2v) is 6.38. The number of likely N-dealkylation sites (tertiary alicyclic amines) is 1. The van der Waals surface area contributed by atoms with E-state index in [1.165, 1.54) is 11.8 Å². The summed E-state index contributed by atoms with van der Waals surface area (Å²) in [5.41, 5.74) is -0.511. The number of carbonyl (C=O) groups excluding carboxylic acids is 1. The zero-order valence-electron chi connectivity index (χ0n) is 11.5. The summed E-state index contributed by atoms with van der Waals surface area (Å²) >= 11 is 1.45. The predicted octanol–water partition coefficient (Wildman–Crippen LogP) is 0.125. The number of ether oxygens (including phenoxy) is 1. The van der Waals surface area contributed by atoms with Crippen LogP contribution in [0.3, 0.4) is 0 Å². The Morgan fingerprint density at radius 2 is 2.11 bits per heavy atom. The van der Waals surface area contributed by atoms with Crippen LogP contribution in [-0.4, -0.2) is 52.2 Å². The Morgan fingerprint density at radius 1 is 1.50 bits per heavy atom. The molecule has 18 heavy (non-hydrogen) atoms. The summed E-state index contributed by atoms with van der Waals surface area (Å²) in [7, 11) is 0. The van der Waals surface area contributed by atoms with E-state index >= 15 is 0 Å². The molecule has 1 saturated heterocycles. The van der Waals surface area contributed by atoms with Crippen molar-refractivity contribution >= 4 is 22.9 Å². The molecule has 1 heterocycles. The van der Waals surface area contributed by atoms with Crippen molar-refractivity contribution in [3.8, 4) is 0 Å². The third-order valence-electron chi connectivity index (χ3n) is 2.83. The number of β-amino-alcohol motifs (C(OH)–C–C–N with tert-alkyl or cyclic N) is 1. The summed E-state index contributed by atoms with van der Waals surface area (Å²) in [4.78, 5) is 13.4. The Labute approximate surface area is 112 Å². The van der Waals surface area contributed by atoms with Crippen LogP contribution in [0.1, 0.15) is 27.2 Å². The molecule has 3 N–H and O–H groups in total. The molecule has 104 valence electrons. The van der Waals surface area contributed by atoms with Gasteiger partial charge < -0.3 is 14.7 Å². The standard InChI is InChI=1S/C12H22N2O3S/c1-12(2,3)17-11(16)14-6-5-8(9(15)7-14)10(13)18-4/h8-9,13,15H,5-7H2,1-4H3/p+1. The molecular formula is C12H23N2O3S+. The van der Waals surface area contributed by atoms with E-state index in [0.717, 1.165) is 5.04 Å². The number of nitrogens with two attached hydrogens (primary N) is 1. The van der Waals surface area contributed by atoms with Gasteiger partial charge in [0.15, 0.2) is 0 Å². The Morgan fingerprint density at radius 3 is 2.56 bits per heavy atom. The van der Waals surface area contributed by atoms with Crippen LogP contribution in [0.4, 0.5) is 4.79 Å². The molecule has 0 aromatic carbocycles. The molecule has 1 rings (SSSR count). The lowest BCUT2D eigenvalue weighted by Crippen LogP contribution is -2.54. The van der Waals surface area contributed by atoms with E-state index in [0.29, 0.717) is 13.0 Å². The van der Waals surface area contributed by atoms with Crippen LogP contribution < -0.4 is 5.41 Å². The number of thioether (sulfide) groups is 1. The number of nitrogens with zero attached hydrogens (tertiary/aromatic N) is 1. The molecule has 1 amide bonds. The van der Waals surface area contributed by atoms with E-state index in [1.807, 2.05) is 27.0 Å². The molecule has 0 aromatic rings. The fourth-order valence-corrected chi connectivity index (χ4v) is 2.48. The number of rotatable bonds is 1. The highest BCUT2D eigenvalue weighted by Gasteiger charge is 2.36. The van der Waals surface area contributed by atoms with Gasteiger partial charge in [-0.25, -0.2) is 4.79 Å². The lowest BCUT2D eigenvalue weighted by molar-refractivity contribution is -0.120. The minimum absolute atomic E-state index is 0.0429. The van der Waals surface area contributed by atoms with Crippen LogP contribution in [0.25, 0.3) is 0 Å². The van der Waals surface area contributed by atoms with Crippen LogP contribution >= 0.6 is 11.8 Å². The minimum Gasteiger partial charge on any atom is -0.444 e. The van der Waals surface area contributed by atoms with E-state index in [2.05, 4.69) is 0 Å². The van der Waals surface area contributed by atoms with Crippen LogP contribution in [0.5, 0.6) is 0 Å². The van der Waals surface area contributed by atoms with Crippen molar-refractivity contribution < 1.29 is 20.0 Å². The summed E-state index contributed by atoms with van der Waals surface area (Å²) in [5, 5.41) is 16.6. The Balaban J connectivity index is 2.55. The maximum absolute atomic E-state index is 11.9. The summed E-state index contributed by atoms with van der Waals surface area (Å²) < 4.78 is 5.28. The van der Waals surface area contributed by atoms with Crippen molar-refractivity contribution in [3.05, 3.63) is 0 Å².